The third kappa shape index (κ3) is 65.9. The second-order valence-corrected chi connectivity index (χ2v) is 23.8. The molecule has 0 aromatic rings. The van der Waals surface area contributed by atoms with Gasteiger partial charge in [0.15, 0.2) is 6.10 Å². The van der Waals surface area contributed by atoms with Crippen LogP contribution >= 0.6 is 0 Å². The van der Waals surface area contributed by atoms with Crippen LogP contribution in [-0.4, -0.2) is 37.2 Å². The molecule has 0 saturated heterocycles. The molecule has 6 nitrogen and oxygen atoms in total. The van der Waals surface area contributed by atoms with E-state index in [1.807, 2.05) is 0 Å². The summed E-state index contributed by atoms with van der Waals surface area (Å²) >= 11 is 0. The first-order valence-electron chi connectivity index (χ1n) is 35.3. The summed E-state index contributed by atoms with van der Waals surface area (Å²) in [5.74, 6) is -0.883. The molecular formula is C74H134O6. The molecule has 0 aliphatic rings. The molecule has 0 rings (SSSR count). The molecule has 80 heavy (non-hydrogen) atoms. The van der Waals surface area contributed by atoms with Crippen LogP contribution in [0.2, 0.25) is 0 Å². The SMILES string of the molecule is CC/C=C\C/C=C\C/C=C\C/C=C\CCCCCCC(=O)OC(COC(=O)CCCCCCCCCCCCCC)COC(=O)CCCCCCCCCCCCCCCCCCCCCCC/C=C\CCCCCCCCCC. The maximum Gasteiger partial charge on any atom is 0.306 e. The van der Waals surface area contributed by atoms with E-state index in [4.69, 9.17) is 14.2 Å². The Morgan fingerprint density at radius 1 is 0.263 bits per heavy atom. The van der Waals surface area contributed by atoms with E-state index in [1.165, 1.54) is 238 Å². The maximum atomic E-state index is 12.9. The van der Waals surface area contributed by atoms with Crippen LogP contribution in [0.1, 0.15) is 374 Å². The van der Waals surface area contributed by atoms with Crippen molar-refractivity contribution in [2.75, 3.05) is 13.2 Å². The smallest absolute Gasteiger partial charge is 0.306 e. The first-order chi connectivity index (χ1) is 39.5. The van der Waals surface area contributed by atoms with Gasteiger partial charge in [0.2, 0.25) is 0 Å². The lowest BCUT2D eigenvalue weighted by molar-refractivity contribution is -0.167. The van der Waals surface area contributed by atoms with Gasteiger partial charge in [-0.2, -0.15) is 0 Å². The van der Waals surface area contributed by atoms with Gasteiger partial charge in [0.25, 0.3) is 0 Å². The lowest BCUT2D eigenvalue weighted by Crippen LogP contribution is -2.30. The van der Waals surface area contributed by atoms with Crippen LogP contribution in [0.3, 0.4) is 0 Å². The van der Waals surface area contributed by atoms with E-state index in [0.717, 1.165) is 96.3 Å². The summed E-state index contributed by atoms with van der Waals surface area (Å²) in [4.78, 5) is 38.3. The number of hydrogen-bond acceptors (Lipinski definition) is 6. The van der Waals surface area contributed by atoms with Gasteiger partial charge in [0, 0.05) is 19.3 Å². The zero-order chi connectivity index (χ0) is 57.8. The van der Waals surface area contributed by atoms with Crippen molar-refractivity contribution in [3.8, 4) is 0 Å². The summed E-state index contributed by atoms with van der Waals surface area (Å²) < 4.78 is 16.9. The first-order valence-corrected chi connectivity index (χ1v) is 35.3. The van der Waals surface area contributed by atoms with Gasteiger partial charge in [-0.3, -0.25) is 14.4 Å². The molecule has 0 saturated carbocycles. The fourth-order valence-corrected chi connectivity index (χ4v) is 10.5. The standard InChI is InChI=1S/C74H134O6/c1-4-7-10-13-16-19-22-25-27-29-30-31-32-33-34-35-36-37-38-39-40-41-42-43-44-46-47-49-52-55-58-61-64-67-73(76)79-70-71(69-78-72(75)66-63-60-57-54-51-24-21-18-15-12-9-6-3)80-74(77)68-65-62-59-56-53-50-48-45-28-26-23-20-17-14-11-8-5-2/h8,11,17,20,26,28-30,48,50,71H,4-7,9-10,12-16,18-19,21-25,27,31-47,49,51-70H2,1-3H3/b11-8-,20-17-,28-26-,30-29-,50-48-. The van der Waals surface area contributed by atoms with Crippen LogP contribution < -0.4 is 0 Å². The van der Waals surface area contributed by atoms with E-state index in [0.29, 0.717) is 19.3 Å². The predicted molar refractivity (Wildman–Crippen MR) is 348 cm³/mol. The van der Waals surface area contributed by atoms with E-state index < -0.39 is 6.10 Å². The number of carbonyl (C=O) groups excluding carboxylic acids is 3. The average Bonchev–Trinajstić information content (AvgIpc) is 3.46. The quantitative estimate of drug-likeness (QED) is 0.0261. The normalized spacial score (nSPS) is 12.4. The van der Waals surface area contributed by atoms with Crippen molar-refractivity contribution in [1.29, 1.82) is 0 Å². The fourth-order valence-electron chi connectivity index (χ4n) is 10.5. The largest absolute Gasteiger partial charge is 0.462 e. The zero-order valence-corrected chi connectivity index (χ0v) is 53.6. The van der Waals surface area contributed by atoms with Crippen LogP contribution in [0.4, 0.5) is 0 Å². The molecule has 1 unspecified atom stereocenters. The summed E-state index contributed by atoms with van der Waals surface area (Å²) in [7, 11) is 0. The van der Waals surface area contributed by atoms with Crippen molar-refractivity contribution in [3.05, 3.63) is 60.8 Å². The first kappa shape index (κ1) is 77.1. The van der Waals surface area contributed by atoms with Crippen LogP contribution in [0.5, 0.6) is 0 Å². The van der Waals surface area contributed by atoms with Gasteiger partial charge >= 0.3 is 17.9 Å². The van der Waals surface area contributed by atoms with Crippen molar-refractivity contribution in [2.24, 2.45) is 0 Å². The Morgan fingerprint density at radius 3 is 0.775 bits per heavy atom. The van der Waals surface area contributed by atoms with Crippen LogP contribution in [0.25, 0.3) is 0 Å². The summed E-state index contributed by atoms with van der Waals surface area (Å²) in [6, 6.07) is 0. The molecule has 1 atom stereocenters. The van der Waals surface area contributed by atoms with E-state index >= 15 is 0 Å². The van der Waals surface area contributed by atoms with Crippen LogP contribution in [0, 0.1) is 0 Å². The minimum absolute atomic E-state index is 0.0797. The van der Waals surface area contributed by atoms with Crippen LogP contribution in [0.15, 0.2) is 60.8 Å². The minimum Gasteiger partial charge on any atom is -0.462 e. The molecule has 0 spiro atoms. The monoisotopic (exact) mass is 1120 g/mol. The topological polar surface area (TPSA) is 78.9 Å². The van der Waals surface area contributed by atoms with E-state index in [-0.39, 0.29) is 31.1 Å². The molecule has 0 amide bonds. The molecule has 6 heteroatoms. The Labute approximate surface area is 498 Å². The Bertz CT molecular complexity index is 1430. The van der Waals surface area contributed by atoms with Gasteiger partial charge in [-0.15, -0.1) is 0 Å². The van der Waals surface area contributed by atoms with Gasteiger partial charge in [0.05, 0.1) is 0 Å². The van der Waals surface area contributed by atoms with Gasteiger partial charge in [-0.25, -0.2) is 0 Å². The molecule has 0 aliphatic heterocycles. The molecule has 0 aromatic heterocycles. The second kappa shape index (κ2) is 68.6. The highest BCUT2D eigenvalue weighted by atomic mass is 16.6. The summed E-state index contributed by atoms with van der Waals surface area (Å²) in [6.07, 6.45) is 88.4. The van der Waals surface area contributed by atoms with E-state index in [2.05, 4.69) is 81.5 Å². The number of allylic oxidation sites excluding steroid dienone is 10. The molecular weight excluding hydrogens is 985 g/mol. The van der Waals surface area contributed by atoms with Gasteiger partial charge in [-0.05, 0) is 83.5 Å². The summed E-state index contributed by atoms with van der Waals surface area (Å²) in [5, 5.41) is 0. The molecule has 0 bridgehead atoms. The highest BCUT2D eigenvalue weighted by molar-refractivity contribution is 5.71. The van der Waals surface area contributed by atoms with Crippen molar-refractivity contribution < 1.29 is 28.6 Å². The molecule has 0 fully saturated rings. The molecule has 466 valence electrons. The fraction of sp³-hybridized carbons (Fsp3) is 0.824. The Kier molecular flexibility index (Phi) is 66.1. The average molecular weight is 1120 g/mol. The number of rotatable bonds is 65. The Hall–Kier alpha value is -2.89. The number of esters is 3. The molecule has 0 N–H and O–H groups in total. The minimum atomic E-state index is -0.785. The Morgan fingerprint density at radius 2 is 0.487 bits per heavy atom. The van der Waals surface area contributed by atoms with Gasteiger partial charge in [0.1, 0.15) is 13.2 Å². The molecule has 0 aliphatic carbocycles. The molecule has 0 aromatic carbocycles. The van der Waals surface area contributed by atoms with Crippen molar-refractivity contribution in [1.82, 2.24) is 0 Å². The van der Waals surface area contributed by atoms with E-state index in [9.17, 15) is 14.4 Å². The molecule has 0 radical (unpaired) electrons. The maximum absolute atomic E-state index is 12.9. The third-order valence-electron chi connectivity index (χ3n) is 15.8. The predicted octanol–water partition coefficient (Wildman–Crippen LogP) is 24.3. The van der Waals surface area contributed by atoms with Crippen LogP contribution in [-0.2, 0) is 28.6 Å². The number of unbranched alkanes of at least 4 members (excludes halogenated alkanes) is 44. The summed E-state index contributed by atoms with van der Waals surface area (Å²) in [6.45, 7) is 6.55. The lowest BCUT2D eigenvalue weighted by atomic mass is 10.0. The van der Waals surface area contributed by atoms with Gasteiger partial charge in [-0.1, -0.05) is 332 Å². The van der Waals surface area contributed by atoms with Crippen molar-refractivity contribution >= 4 is 17.9 Å². The van der Waals surface area contributed by atoms with Gasteiger partial charge < -0.3 is 14.2 Å². The summed E-state index contributed by atoms with van der Waals surface area (Å²) in [5.41, 5.74) is 0. The highest BCUT2D eigenvalue weighted by Gasteiger charge is 2.19. The van der Waals surface area contributed by atoms with Crippen molar-refractivity contribution in [2.45, 2.75) is 380 Å². The zero-order valence-electron chi connectivity index (χ0n) is 53.6. The highest BCUT2D eigenvalue weighted by Crippen LogP contribution is 2.18. The van der Waals surface area contributed by atoms with E-state index in [1.54, 1.807) is 0 Å². The molecule has 0 heterocycles. The number of carbonyl (C=O) groups is 3. The third-order valence-corrected chi connectivity index (χ3v) is 15.8. The Balaban J connectivity index is 4.11. The second-order valence-electron chi connectivity index (χ2n) is 23.8. The number of ether oxygens (including phenoxy) is 3. The van der Waals surface area contributed by atoms with Crippen molar-refractivity contribution in [3.63, 3.8) is 0 Å². The number of hydrogen-bond donors (Lipinski definition) is 0. The lowest BCUT2D eigenvalue weighted by Gasteiger charge is -2.18.